The molecular weight excluding hydrogens is 331 g/mol. The van der Waals surface area contributed by atoms with Crippen molar-refractivity contribution >= 4 is 34.0 Å². The van der Waals surface area contributed by atoms with Crippen molar-refractivity contribution in [3.63, 3.8) is 0 Å². The zero-order valence-electron chi connectivity index (χ0n) is 13.4. The quantitative estimate of drug-likeness (QED) is 0.568. The molecule has 2 nitrogen and oxygen atoms in total. The van der Waals surface area contributed by atoms with Crippen LogP contribution >= 0.6 is 16.8 Å². The SMILES string of the molecule is C=C(C)[C@@H]1CCC2(C)O[P@](=S)(c3ccccc3OC)S[C@H]2C1. The van der Waals surface area contributed by atoms with Crippen molar-refractivity contribution in [3.05, 3.63) is 36.4 Å². The Kier molecular flexibility index (Phi) is 4.50. The Hall–Kier alpha value is -0.280. The van der Waals surface area contributed by atoms with E-state index in [1.807, 2.05) is 29.6 Å². The summed E-state index contributed by atoms with van der Waals surface area (Å²) in [6, 6.07) is 8.06. The van der Waals surface area contributed by atoms with E-state index in [0.717, 1.165) is 30.3 Å². The van der Waals surface area contributed by atoms with Gasteiger partial charge in [0.2, 0.25) is 0 Å². The zero-order chi connectivity index (χ0) is 16.0. The molecule has 1 aromatic carbocycles. The van der Waals surface area contributed by atoms with Crippen molar-refractivity contribution in [2.45, 2.75) is 44.0 Å². The molecule has 0 aromatic heterocycles. The van der Waals surface area contributed by atoms with Crippen LogP contribution in [0.1, 0.15) is 33.1 Å². The number of ether oxygens (including phenoxy) is 1. The van der Waals surface area contributed by atoms with Crippen LogP contribution in [0.4, 0.5) is 0 Å². The van der Waals surface area contributed by atoms with Crippen LogP contribution in [0.2, 0.25) is 0 Å². The van der Waals surface area contributed by atoms with Gasteiger partial charge < -0.3 is 9.26 Å². The van der Waals surface area contributed by atoms with Crippen LogP contribution in [0, 0.1) is 5.92 Å². The Morgan fingerprint density at radius 2 is 2.23 bits per heavy atom. The van der Waals surface area contributed by atoms with Gasteiger partial charge in [0, 0.05) is 5.25 Å². The molecule has 4 atom stereocenters. The molecule has 2 fully saturated rings. The highest BCUT2D eigenvalue weighted by Gasteiger charge is 2.53. The normalized spacial score (nSPS) is 37.6. The van der Waals surface area contributed by atoms with Gasteiger partial charge in [0.25, 0.3) is 0 Å². The highest BCUT2D eigenvalue weighted by atomic mass is 32.9. The molecule has 0 amide bonds. The Balaban J connectivity index is 1.92. The molecule has 1 aromatic rings. The van der Waals surface area contributed by atoms with E-state index in [4.69, 9.17) is 21.1 Å². The number of methoxy groups -OCH3 is 1. The highest BCUT2D eigenvalue weighted by molar-refractivity contribution is 8.72. The molecule has 22 heavy (non-hydrogen) atoms. The maximum absolute atomic E-state index is 6.58. The molecule has 2 aliphatic rings. The van der Waals surface area contributed by atoms with Crippen molar-refractivity contribution in [1.29, 1.82) is 0 Å². The number of allylic oxidation sites excluding steroid dienone is 1. The largest absolute Gasteiger partial charge is 0.496 e. The first-order valence-electron chi connectivity index (χ1n) is 7.66. The van der Waals surface area contributed by atoms with Crippen LogP contribution in [0.25, 0.3) is 0 Å². The molecule has 1 saturated carbocycles. The second-order valence-electron chi connectivity index (χ2n) is 6.48. The third-order valence-electron chi connectivity index (χ3n) is 4.84. The first-order chi connectivity index (χ1) is 10.4. The number of fused-ring (bicyclic) bond motifs is 1. The minimum absolute atomic E-state index is 0.104. The molecule has 0 N–H and O–H groups in total. The van der Waals surface area contributed by atoms with Gasteiger partial charge in [-0.15, -0.1) is 0 Å². The topological polar surface area (TPSA) is 18.5 Å². The van der Waals surface area contributed by atoms with Crippen LogP contribution in [0.3, 0.4) is 0 Å². The predicted molar refractivity (Wildman–Crippen MR) is 99.9 cm³/mol. The lowest BCUT2D eigenvalue weighted by atomic mass is 9.77. The van der Waals surface area contributed by atoms with E-state index in [2.05, 4.69) is 26.5 Å². The molecule has 0 bridgehead atoms. The van der Waals surface area contributed by atoms with E-state index in [-0.39, 0.29) is 5.60 Å². The summed E-state index contributed by atoms with van der Waals surface area (Å²) in [4.78, 5) is 0. The molecule has 1 unspecified atom stereocenters. The van der Waals surface area contributed by atoms with Crippen LogP contribution in [0.15, 0.2) is 36.4 Å². The Morgan fingerprint density at radius 3 is 2.91 bits per heavy atom. The molecule has 1 saturated heterocycles. The minimum Gasteiger partial charge on any atom is -0.496 e. The second-order valence-corrected chi connectivity index (χ2v) is 13.3. The first-order valence-corrected chi connectivity index (χ1v) is 11.9. The first kappa shape index (κ1) is 16.6. The smallest absolute Gasteiger partial charge is 0.153 e. The molecular formula is C17H23O2PS2. The fourth-order valence-corrected chi connectivity index (χ4v) is 11.5. The third kappa shape index (κ3) is 2.80. The monoisotopic (exact) mass is 354 g/mol. The fourth-order valence-electron chi connectivity index (χ4n) is 3.38. The second kappa shape index (κ2) is 5.98. The van der Waals surface area contributed by atoms with Gasteiger partial charge in [-0.3, -0.25) is 0 Å². The van der Waals surface area contributed by atoms with E-state index >= 15 is 0 Å². The lowest BCUT2D eigenvalue weighted by molar-refractivity contribution is 0.0684. The Morgan fingerprint density at radius 1 is 1.50 bits per heavy atom. The number of hydrogen-bond acceptors (Lipinski definition) is 4. The Bertz CT molecular complexity index is 645. The van der Waals surface area contributed by atoms with Crippen LogP contribution in [-0.2, 0) is 16.3 Å². The lowest BCUT2D eigenvalue weighted by Crippen LogP contribution is -2.40. The number of para-hydroxylation sites is 1. The average Bonchev–Trinajstić information content (AvgIpc) is 2.77. The van der Waals surface area contributed by atoms with Gasteiger partial charge >= 0.3 is 0 Å². The third-order valence-corrected chi connectivity index (χ3v) is 11.7. The van der Waals surface area contributed by atoms with Crippen molar-refractivity contribution in [2.75, 3.05) is 7.11 Å². The molecule has 1 aliphatic heterocycles. The predicted octanol–water partition coefficient (Wildman–Crippen LogP) is 4.90. The standard InChI is InChI=1S/C17H23O2PS2/c1-12(2)13-9-10-17(3)16(11-13)22-20(21,19-17)15-8-6-5-7-14(15)18-4/h5-8,13,16H,1,9-11H2,2-4H3/t13-,16+,17?,20+/m1/s1. The summed E-state index contributed by atoms with van der Waals surface area (Å²) in [6.07, 6.45) is 3.35. The van der Waals surface area contributed by atoms with Crippen LogP contribution in [0.5, 0.6) is 5.75 Å². The molecule has 1 aliphatic carbocycles. The summed E-state index contributed by atoms with van der Waals surface area (Å²) in [5.74, 6) is 1.46. The minimum atomic E-state index is -2.11. The van der Waals surface area contributed by atoms with Crippen LogP contribution < -0.4 is 10.0 Å². The molecule has 5 heteroatoms. The van der Waals surface area contributed by atoms with Gasteiger partial charge in [-0.1, -0.05) is 47.5 Å². The lowest BCUT2D eigenvalue weighted by Gasteiger charge is -2.38. The molecule has 0 radical (unpaired) electrons. The summed E-state index contributed by atoms with van der Waals surface area (Å²) >= 11 is 7.91. The molecule has 3 rings (SSSR count). The summed E-state index contributed by atoms with van der Waals surface area (Å²) in [6.45, 7) is 8.53. The van der Waals surface area contributed by atoms with Gasteiger partial charge in [0.05, 0.1) is 18.0 Å². The molecule has 1 heterocycles. The highest BCUT2D eigenvalue weighted by Crippen LogP contribution is 2.74. The fraction of sp³-hybridized carbons (Fsp3) is 0.529. The van der Waals surface area contributed by atoms with Gasteiger partial charge in [-0.2, -0.15) is 0 Å². The number of hydrogen-bond donors (Lipinski definition) is 0. The average molecular weight is 354 g/mol. The van der Waals surface area contributed by atoms with Gasteiger partial charge in [-0.05, 0) is 51.2 Å². The molecule has 120 valence electrons. The Labute approximate surface area is 142 Å². The number of benzene rings is 1. The van der Waals surface area contributed by atoms with Crippen molar-refractivity contribution in [2.24, 2.45) is 5.92 Å². The van der Waals surface area contributed by atoms with Crippen LogP contribution in [-0.4, -0.2) is 18.0 Å². The van der Waals surface area contributed by atoms with E-state index in [1.54, 1.807) is 7.11 Å². The van der Waals surface area contributed by atoms with Crippen molar-refractivity contribution in [1.82, 2.24) is 0 Å². The van der Waals surface area contributed by atoms with Gasteiger partial charge in [0.1, 0.15) is 5.75 Å². The van der Waals surface area contributed by atoms with E-state index in [9.17, 15) is 0 Å². The van der Waals surface area contributed by atoms with E-state index in [0.29, 0.717) is 11.2 Å². The van der Waals surface area contributed by atoms with Gasteiger partial charge in [-0.25, -0.2) is 0 Å². The zero-order valence-corrected chi connectivity index (χ0v) is 15.9. The van der Waals surface area contributed by atoms with E-state index < -0.39 is 5.47 Å². The summed E-state index contributed by atoms with van der Waals surface area (Å²) < 4.78 is 12.1. The summed E-state index contributed by atoms with van der Waals surface area (Å²) in [5.41, 5.74) is -0.921. The number of rotatable bonds is 3. The van der Waals surface area contributed by atoms with Gasteiger partial charge in [0.15, 0.2) is 5.47 Å². The maximum atomic E-state index is 6.58. The molecule has 0 spiro atoms. The maximum Gasteiger partial charge on any atom is 0.153 e. The summed E-state index contributed by atoms with van der Waals surface area (Å²) in [7, 11) is 1.70. The van der Waals surface area contributed by atoms with Crippen molar-refractivity contribution < 1.29 is 9.26 Å². The summed E-state index contributed by atoms with van der Waals surface area (Å²) in [5, 5.41) is 1.53. The van der Waals surface area contributed by atoms with Crippen molar-refractivity contribution in [3.8, 4) is 5.75 Å². The van der Waals surface area contributed by atoms with E-state index in [1.165, 1.54) is 5.57 Å².